The summed E-state index contributed by atoms with van der Waals surface area (Å²) in [6, 6.07) is -0.464. The van der Waals surface area contributed by atoms with E-state index in [-0.39, 0.29) is 12.5 Å². The number of aliphatic hydroxyl groups is 2. The third-order valence-corrected chi connectivity index (χ3v) is 3.57. The van der Waals surface area contributed by atoms with Gasteiger partial charge >= 0.3 is 0 Å². The first kappa shape index (κ1) is 10.3. The standard InChI is InChI=1S/C8H17NO2S/c9-7(4-10)8(11)6-2-1-3-12-5-6/h6-8,10-11H,1-5,9H2. The molecule has 1 aliphatic heterocycles. The number of rotatable bonds is 3. The van der Waals surface area contributed by atoms with Crippen molar-refractivity contribution in [2.75, 3.05) is 18.1 Å². The van der Waals surface area contributed by atoms with E-state index in [4.69, 9.17) is 10.8 Å². The Morgan fingerprint density at radius 2 is 2.33 bits per heavy atom. The molecule has 0 bridgehead atoms. The van der Waals surface area contributed by atoms with E-state index in [0.29, 0.717) is 0 Å². The second-order valence-electron chi connectivity index (χ2n) is 3.31. The smallest absolute Gasteiger partial charge is 0.0749 e. The van der Waals surface area contributed by atoms with E-state index in [0.717, 1.165) is 18.6 Å². The van der Waals surface area contributed by atoms with Crippen molar-refractivity contribution < 1.29 is 10.2 Å². The van der Waals surface area contributed by atoms with Crippen LogP contribution in [0.4, 0.5) is 0 Å². The SMILES string of the molecule is NC(CO)C(O)C1CCCSC1. The molecule has 0 aromatic heterocycles. The fourth-order valence-electron chi connectivity index (χ4n) is 1.49. The Bertz CT molecular complexity index is 128. The van der Waals surface area contributed by atoms with Crippen LogP contribution in [0.25, 0.3) is 0 Å². The summed E-state index contributed by atoms with van der Waals surface area (Å²) in [5.74, 6) is 2.46. The van der Waals surface area contributed by atoms with E-state index in [1.807, 2.05) is 11.8 Å². The van der Waals surface area contributed by atoms with Crippen LogP contribution in [0.15, 0.2) is 0 Å². The molecule has 1 heterocycles. The Hall–Kier alpha value is 0.230. The molecule has 4 N–H and O–H groups in total. The third kappa shape index (κ3) is 2.62. The van der Waals surface area contributed by atoms with E-state index in [2.05, 4.69) is 0 Å². The molecule has 3 atom stereocenters. The summed E-state index contributed by atoms with van der Waals surface area (Å²) in [6.45, 7) is -0.123. The quantitative estimate of drug-likeness (QED) is 0.578. The van der Waals surface area contributed by atoms with Gasteiger partial charge in [0.25, 0.3) is 0 Å². The molecule has 1 aliphatic rings. The summed E-state index contributed by atoms with van der Waals surface area (Å²) in [5, 5.41) is 18.4. The predicted molar refractivity (Wildman–Crippen MR) is 51.1 cm³/mol. The summed E-state index contributed by atoms with van der Waals surface area (Å²) < 4.78 is 0. The molecule has 0 spiro atoms. The number of hydrogen-bond donors (Lipinski definition) is 3. The van der Waals surface area contributed by atoms with Gasteiger partial charge in [-0.25, -0.2) is 0 Å². The average molecular weight is 191 g/mol. The zero-order chi connectivity index (χ0) is 8.97. The van der Waals surface area contributed by atoms with Crippen molar-refractivity contribution in [3.63, 3.8) is 0 Å². The van der Waals surface area contributed by atoms with Gasteiger partial charge < -0.3 is 15.9 Å². The van der Waals surface area contributed by atoms with Crippen molar-refractivity contribution in [2.45, 2.75) is 25.0 Å². The van der Waals surface area contributed by atoms with Crippen LogP contribution in [0.2, 0.25) is 0 Å². The molecule has 0 aliphatic carbocycles. The maximum absolute atomic E-state index is 9.64. The van der Waals surface area contributed by atoms with Crippen LogP contribution < -0.4 is 5.73 Å². The first-order valence-corrected chi connectivity index (χ1v) is 5.53. The molecule has 0 aromatic carbocycles. The van der Waals surface area contributed by atoms with Crippen LogP contribution in [0, 0.1) is 5.92 Å². The second-order valence-corrected chi connectivity index (χ2v) is 4.46. The Kier molecular flexibility index (Phi) is 4.35. The first-order valence-electron chi connectivity index (χ1n) is 4.38. The molecule has 1 rings (SSSR count). The monoisotopic (exact) mass is 191 g/mol. The highest BCUT2D eigenvalue weighted by molar-refractivity contribution is 7.99. The number of hydrogen-bond acceptors (Lipinski definition) is 4. The van der Waals surface area contributed by atoms with Gasteiger partial charge in [0.1, 0.15) is 0 Å². The van der Waals surface area contributed by atoms with Crippen molar-refractivity contribution in [3.8, 4) is 0 Å². The first-order chi connectivity index (χ1) is 5.75. The molecule has 3 unspecified atom stereocenters. The van der Waals surface area contributed by atoms with Crippen molar-refractivity contribution in [3.05, 3.63) is 0 Å². The Morgan fingerprint density at radius 3 is 2.83 bits per heavy atom. The number of aliphatic hydroxyl groups excluding tert-OH is 2. The summed E-state index contributed by atoms with van der Waals surface area (Å²) >= 11 is 1.86. The lowest BCUT2D eigenvalue weighted by Crippen LogP contribution is -2.44. The van der Waals surface area contributed by atoms with Crippen molar-refractivity contribution in [1.82, 2.24) is 0 Å². The van der Waals surface area contributed by atoms with Gasteiger partial charge in [-0.05, 0) is 30.3 Å². The fourth-order valence-corrected chi connectivity index (χ4v) is 2.70. The summed E-state index contributed by atoms with van der Waals surface area (Å²) in [4.78, 5) is 0. The van der Waals surface area contributed by atoms with E-state index in [1.54, 1.807) is 0 Å². The molecule has 1 saturated heterocycles. The molecule has 0 aromatic rings. The minimum atomic E-state index is -0.525. The van der Waals surface area contributed by atoms with E-state index < -0.39 is 12.1 Å². The van der Waals surface area contributed by atoms with E-state index in [1.165, 1.54) is 5.75 Å². The predicted octanol–water partition coefficient (Wildman–Crippen LogP) is -0.190. The largest absolute Gasteiger partial charge is 0.395 e. The molecule has 4 heteroatoms. The van der Waals surface area contributed by atoms with Gasteiger partial charge in [-0.3, -0.25) is 0 Å². The van der Waals surface area contributed by atoms with Gasteiger partial charge in [-0.15, -0.1) is 0 Å². The molecule has 12 heavy (non-hydrogen) atoms. The lowest BCUT2D eigenvalue weighted by atomic mass is 9.94. The van der Waals surface area contributed by atoms with Gasteiger partial charge in [0, 0.05) is 0 Å². The van der Waals surface area contributed by atoms with Gasteiger partial charge in [-0.1, -0.05) is 0 Å². The highest BCUT2D eigenvalue weighted by Gasteiger charge is 2.26. The zero-order valence-corrected chi connectivity index (χ0v) is 7.96. The Balaban J connectivity index is 2.33. The summed E-state index contributed by atoms with van der Waals surface area (Å²) in [7, 11) is 0. The maximum Gasteiger partial charge on any atom is 0.0749 e. The lowest BCUT2D eigenvalue weighted by Gasteiger charge is -2.29. The second kappa shape index (κ2) is 5.07. The molecule has 3 nitrogen and oxygen atoms in total. The molecule has 72 valence electrons. The topological polar surface area (TPSA) is 66.5 Å². The van der Waals surface area contributed by atoms with Crippen LogP contribution in [0.1, 0.15) is 12.8 Å². The lowest BCUT2D eigenvalue weighted by molar-refractivity contribution is 0.0626. The molecule has 0 saturated carbocycles. The average Bonchev–Trinajstić information content (AvgIpc) is 2.17. The Morgan fingerprint density at radius 1 is 1.58 bits per heavy atom. The van der Waals surface area contributed by atoms with E-state index >= 15 is 0 Å². The van der Waals surface area contributed by atoms with Crippen LogP contribution in [0.3, 0.4) is 0 Å². The number of thioether (sulfide) groups is 1. The summed E-state index contributed by atoms with van der Waals surface area (Å²) in [6.07, 6.45) is 1.68. The van der Waals surface area contributed by atoms with Crippen LogP contribution in [0.5, 0.6) is 0 Å². The molecule has 1 fully saturated rings. The minimum Gasteiger partial charge on any atom is -0.395 e. The highest BCUT2D eigenvalue weighted by Crippen LogP contribution is 2.25. The van der Waals surface area contributed by atoms with Crippen molar-refractivity contribution >= 4 is 11.8 Å². The van der Waals surface area contributed by atoms with Crippen molar-refractivity contribution in [1.29, 1.82) is 0 Å². The minimum absolute atomic E-state index is 0.123. The zero-order valence-electron chi connectivity index (χ0n) is 7.15. The third-order valence-electron chi connectivity index (χ3n) is 2.33. The molecule has 0 radical (unpaired) electrons. The van der Waals surface area contributed by atoms with Crippen LogP contribution in [-0.4, -0.2) is 40.5 Å². The van der Waals surface area contributed by atoms with Gasteiger partial charge in [0.15, 0.2) is 0 Å². The maximum atomic E-state index is 9.64. The van der Waals surface area contributed by atoms with Gasteiger partial charge in [-0.2, -0.15) is 11.8 Å². The highest BCUT2D eigenvalue weighted by atomic mass is 32.2. The van der Waals surface area contributed by atoms with Gasteiger partial charge in [0.05, 0.1) is 18.8 Å². The molecular formula is C8H17NO2S. The Labute approximate surface area is 77.3 Å². The normalized spacial score (nSPS) is 29.8. The van der Waals surface area contributed by atoms with Crippen LogP contribution >= 0.6 is 11.8 Å². The molecular weight excluding hydrogens is 174 g/mol. The number of nitrogens with two attached hydrogens (primary N) is 1. The van der Waals surface area contributed by atoms with E-state index in [9.17, 15) is 5.11 Å². The van der Waals surface area contributed by atoms with Crippen LogP contribution in [-0.2, 0) is 0 Å². The summed E-state index contributed by atoms with van der Waals surface area (Å²) in [5.41, 5.74) is 5.54. The van der Waals surface area contributed by atoms with Gasteiger partial charge in [0.2, 0.25) is 0 Å². The fraction of sp³-hybridized carbons (Fsp3) is 1.00. The van der Waals surface area contributed by atoms with Crippen molar-refractivity contribution in [2.24, 2.45) is 11.7 Å². The molecule has 0 amide bonds.